The number of ketones is 1. The van der Waals surface area contributed by atoms with Crippen molar-refractivity contribution in [1.29, 1.82) is 0 Å². The van der Waals surface area contributed by atoms with Gasteiger partial charge in [0, 0.05) is 25.4 Å². The second-order valence-corrected chi connectivity index (χ2v) is 12.5. The SMILES string of the molecule is CCC[C@H](NC(=O)[C@H](NC(=O)CCc1ccccc1)C1CCCC1)C(=O)N[C@@H](C[C@@H]1CCNC1=O)C(=O)C(=O)NCc1ccccc1. The smallest absolute Gasteiger partial charge is 0.289 e. The summed E-state index contributed by atoms with van der Waals surface area (Å²) in [5.74, 6) is -3.85. The fourth-order valence-corrected chi connectivity index (χ4v) is 6.34. The van der Waals surface area contributed by atoms with Gasteiger partial charge in [0.05, 0.1) is 6.04 Å². The van der Waals surface area contributed by atoms with Crippen molar-refractivity contribution in [2.75, 3.05) is 6.54 Å². The number of carbonyl (C=O) groups excluding carboxylic acids is 6. The van der Waals surface area contributed by atoms with Crippen LogP contribution in [-0.4, -0.2) is 60.0 Å². The summed E-state index contributed by atoms with van der Waals surface area (Å²) in [6.07, 6.45) is 5.54. The third-order valence-electron chi connectivity index (χ3n) is 9.00. The maximum atomic E-state index is 13.7. The molecule has 0 unspecified atom stereocenters. The molecule has 1 saturated heterocycles. The number of carbonyl (C=O) groups is 6. The average Bonchev–Trinajstić information content (AvgIpc) is 3.77. The zero-order valence-electron chi connectivity index (χ0n) is 27.1. The van der Waals surface area contributed by atoms with Gasteiger partial charge < -0.3 is 26.6 Å². The Morgan fingerprint density at radius 1 is 0.809 bits per heavy atom. The van der Waals surface area contributed by atoms with Crippen LogP contribution in [0.1, 0.15) is 75.8 Å². The van der Waals surface area contributed by atoms with Crippen LogP contribution in [0, 0.1) is 11.8 Å². The number of hydrogen-bond donors (Lipinski definition) is 5. The van der Waals surface area contributed by atoms with Gasteiger partial charge in [0.15, 0.2) is 0 Å². The number of nitrogens with one attached hydrogen (secondary N) is 5. The zero-order chi connectivity index (χ0) is 33.6. The summed E-state index contributed by atoms with van der Waals surface area (Å²) in [4.78, 5) is 79.0. The number of benzene rings is 2. The molecule has 1 saturated carbocycles. The minimum absolute atomic E-state index is 0.0376. The topological polar surface area (TPSA) is 163 Å². The second kappa shape index (κ2) is 18.0. The second-order valence-electron chi connectivity index (χ2n) is 12.5. The highest BCUT2D eigenvalue weighted by Gasteiger charge is 2.37. The van der Waals surface area contributed by atoms with Crippen LogP contribution in [0.2, 0.25) is 0 Å². The first-order valence-corrected chi connectivity index (χ1v) is 16.8. The van der Waals surface area contributed by atoms with E-state index in [9.17, 15) is 28.8 Å². The quantitative estimate of drug-likeness (QED) is 0.166. The van der Waals surface area contributed by atoms with E-state index in [0.717, 1.165) is 36.8 Å². The first kappa shape index (κ1) is 35.3. The lowest BCUT2D eigenvalue weighted by molar-refractivity contribution is -0.141. The van der Waals surface area contributed by atoms with Gasteiger partial charge in [0.2, 0.25) is 29.4 Å². The summed E-state index contributed by atoms with van der Waals surface area (Å²) in [5.41, 5.74) is 1.83. The van der Waals surface area contributed by atoms with Gasteiger partial charge in [0.25, 0.3) is 5.91 Å². The molecule has 2 aromatic rings. The minimum Gasteiger partial charge on any atom is -0.356 e. The van der Waals surface area contributed by atoms with Crippen molar-refractivity contribution in [2.24, 2.45) is 11.8 Å². The van der Waals surface area contributed by atoms with Crippen molar-refractivity contribution in [3.63, 3.8) is 0 Å². The van der Waals surface area contributed by atoms with Gasteiger partial charge in [-0.3, -0.25) is 28.8 Å². The first-order valence-electron chi connectivity index (χ1n) is 16.8. The maximum Gasteiger partial charge on any atom is 0.289 e. The van der Waals surface area contributed by atoms with E-state index in [2.05, 4.69) is 26.6 Å². The predicted molar refractivity (Wildman–Crippen MR) is 176 cm³/mol. The Kier molecular flexibility index (Phi) is 13.5. The van der Waals surface area contributed by atoms with E-state index < -0.39 is 47.5 Å². The van der Waals surface area contributed by atoms with E-state index in [-0.39, 0.29) is 43.5 Å². The van der Waals surface area contributed by atoms with E-state index in [1.165, 1.54) is 0 Å². The number of aryl methyl sites for hydroxylation is 1. The standard InChI is InChI=1S/C36H47N5O6/c1-2-11-28(39-35(46)31(26-16-9-10-17-26)41-30(42)19-18-24-12-5-3-6-13-24)34(45)40-29(22-27-20-21-37-33(27)44)32(43)36(47)38-23-25-14-7-4-8-15-25/h3-8,12-15,26-29,31H,2,9-11,16-23H2,1H3,(H,37,44)(H,38,47)(H,39,46)(H,40,45)(H,41,42)/t27-,28-,29-,31+/m0/s1. The number of amides is 5. The minimum atomic E-state index is -1.26. The number of hydrogen-bond acceptors (Lipinski definition) is 6. The van der Waals surface area contributed by atoms with Crippen LogP contribution in [0.3, 0.4) is 0 Å². The van der Waals surface area contributed by atoms with E-state index in [1.54, 1.807) is 0 Å². The largest absolute Gasteiger partial charge is 0.356 e. The highest BCUT2D eigenvalue weighted by molar-refractivity contribution is 6.38. The van der Waals surface area contributed by atoms with Crippen molar-refractivity contribution in [1.82, 2.24) is 26.6 Å². The van der Waals surface area contributed by atoms with Crippen LogP contribution >= 0.6 is 0 Å². The number of Topliss-reactive ketones (excluding diaryl/α,β-unsaturated/α-hetero) is 1. The molecule has 0 radical (unpaired) electrons. The molecule has 0 spiro atoms. The average molecular weight is 646 g/mol. The third-order valence-corrected chi connectivity index (χ3v) is 9.00. The highest BCUT2D eigenvalue weighted by atomic mass is 16.2. The molecule has 11 nitrogen and oxygen atoms in total. The lowest BCUT2D eigenvalue weighted by Gasteiger charge is -2.28. The van der Waals surface area contributed by atoms with Crippen LogP contribution in [0.15, 0.2) is 60.7 Å². The van der Waals surface area contributed by atoms with Gasteiger partial charge in [-0.25, -0.2) is 0 Å². The van der Waals surface area contributed by atoms with E-state index in [0.29, 0.717) is 25.8 Å². The Bertz CT molecular complexity index is 1380. The third kappa shape index (κ3) is 10.8. The molecule has 2 fully saturated rings. The molecule has 1 aliphatic carbocycles. The summed E-state index contributed by atoms with van der Waals surface area (Å²) < 4.78 is 0. The molecule has 2 aliphatic rings. The maximum absolute atomic E-state index is 13.7. The van der Waals surface area contributed by atoms with Gasteiger partial charge in [-0.2, -0.15) is 0 Å². The van der Waals surface area contributed by atoms with Crippen LogP contribution in [-0.2, 0) is 41.7 Å². The molecule has 47 heavy (non-hydrogen) atoms. The van der Waals surface area contributed by atoms with Crippen molar-refractivity contribution >= 4 is 35.3 Å². The summed E-state index contributed by atoms with van der Waals surface area (Å²) in [6, 6.07) is 15.7. The monoisotopic (exact) mass is 645 g/mol. The lowest BCUT2D eigenvalue weighted by atomic mass is 9.94. The molecule has 4 rings (SSSR count). The molecule has 1 heterocycles. The Morgan fingerprint density at radius 3 is 2.06 bits per heavy atom. The van der Waals surface area contributed by atoms with Crippen molar-refractivity contribution < 1.29 is 28.8 Å². The van der Waals surface area contributed by atoms with Crippen molar-refractivity contribution in [3.8, 4) is 0 Å². The summed E-state index contributed by atoms with van der Waals surface area (Å²) in [5, 5.41) is 13.8. The molecule has 252 valence electrons. The van der Waals surface area contributed by atoms with E-state index in [4.69, 9.17) is 0 Å². The molecule has 11 heteroatoms. The fourth-order valence-electron chi connectivity index (χ4n) is 6.34. The molecular weight excluding hydrogens is 598 g/mol. The van der Waals surface area contributed by atoms with Crippen LogP contribution in [0.4, 0.5) is 0 Å². The Hall–Kier alpha value is -4.54. The van der Waals surface area contributed by atoms with Crippen LogP contribution < -0.4 is 26.6 Å². The zero-order valence-corrected chi connectivity index (χ0v) is 27.1. The molecule has 4 atom stereocenters. The normalized spacial score (nSPS) is 18.0. The van der Waals surface area contributed by atoms with E-state index in [1.807, 2.05) is 67.6 Å². The van der Waals surface area contributed by atoms with Crippen LogP contribution in [0.25, 0.3) is 0 Å². The van der Waals surface area contributed by atoms with Gasteiger partial charge >= 0.3 is 0 Å². The van der Waals surface area contributed by atoms with Crippen molar-refractivity contribution in [3.05, 3.63) is 71.8 Å². The molecule has 0 aromatic heterocycles. The van der Waals surface area contributed by atoms with Gasteiger partial charge in [-0.1, -0.05) is 86.8 Å². The Balaban J connectivity index is 1.42. The van der Waals surface area contributed by atoms with Gasteiger partial charge in [-0.15, -0.1) is 0 Å². The summed E-state index contributed by atoms with van der Waals surface area (Å²) in [7, 11) is 0. The van der Waals surface area contributed by atoms with E-state index >= 15 is 0 Å². The molecule has 2 aromatic carbocycles. The summed E-state index contributed by atoms with van der Waals surface area (Å²) >= 11 is 0. The lowest BCUT2D eigenvalue weighted by Crippen LogP contribution is -2.58. The Labute approximate surface area is 276 Å². The van der Waals surface area contributed by atoms with Crippen molar-refractivity contribution in [2.45, 2.75) is 95.8 Å². The van der Waals surface area contributed by atoms with Crippen LogP contribution in [0.5, 0.6) is 0 Å². The molecular formula is C36H47N5O6. The van der Waals surface area contributed by atoms with Gasteiger partial charge in [-0.05, 0) is 55.6 Å². The van der Waals surface area contributed by atoms with Gasteiger partial charge in [0.1, 0.15) is 12.1 Å². The fraction of sp³-hybridized carbons (Fsp3) is 0.500. The predicted octanol–water partition coefficient (Wildman–Crippen LogP) is 2.48. The number of rotatable bonds is 17. The molecule has 5 N–H and O–H groups in total. The molecule has 1 aliphatic heterocycles. The first-order chi connectivity index (χ1) is 22.7. The highest BCUT2D eigenvalue weighted by Crippen LogP contribution is 2.28. The molecule has 0 bridgehead atoms. The summed E-state index contributed by atoms with van der Waals surface area (Å²) in [6.45, 7) is 2.45. The molecule has 5 amide bonds. The Morgan fingerprint density at radius 2 is 1.45 bits per heavy atom.